The number of likely N-dealkylation sites (tertiary alicyclic amines) is 1. The molecule has 0 saturated carbocycles. The summed E-state index contributed by atoms with van der Waals surface area (Å²) in [5.74, 6) is 1.39. The molecule has 2 saturated heterocycles. The van der Waals surface area contributed by atoms with Gasteiger partial charge in [-0.3, -0.25) is 9.59 Å². The zero-order valence-electron chi connectivity index (χ0n) is 16.7. The molecule has 7 heteroatoms. The number of benzene rings is 1. The van der Waals surface area contributed by atoms with Gasteiger partial charge in [-0.25, -0.2) is 0 Å². The van der Waals surface area contributed by atoms with Gasteiger partial charge in [-0.1, -0.05) is 0 Å². The number of nitrogens with zero attached hydrogens (tertiary/aromatic N) is 1. The largest absolute Gasteiger partial charge is 0.497 e. The van der Waals surface area contributed by atoms with Crippen LogP contribution >= 0.6 is 0 Å². The van der Waals surface area contributed by atoms with E-state index in [-0.39, 0.29) is 17.9 Å². The Morgan fingerprint density at radius 3 is 2.75 bits per heavy atom. The number of ether oxygens (including phenoxy) is 1. The lowest BCUT2D eigenvalue weighted by atomic mass is 9.97. The predicted octanol–water partition coefficient (Wildman–Crippen LogP) is 1.60. The third kappa shape index (κ3) is 6.21. The Hall–Kier alpha value is -2.12. The average Bonchev–Trinajstić information content (AvgIpc) is 3.26. The van der Waals surface area contributed by atoms with Crippen molar-refractivity contribution >= 4 is 17.5 Å². The molecule has 154 valence electrons. The number of nitrogens with one attached hydrogen (secondary N) is 3. The van der Waals surface area contributed by atoms with Gasteiger partial charge in [-0.15, -0.1) is 0 Å². The fourth-order valence-electron chi connectivity index (χ4n) is 3.95. The van der Waals surface area contributed by atoms with E-state index in [4.69, 9.17) is 4.74 Å². The van der Waals surface area contributed by atoms with E-state index in [0.29, 0.717) is 12.3 Å². The molecule has 1 aromatic rings. The lowest BCUT2D eigenvalue weighted by molar-refractivity contribution is -0.123. The lowest BCUT2D eigenvalue weighted by Crippen LogP contribution is -2.45. The van der Waals surface area contributed by atoms with Crippen molar-refractivity contribution in [2.75, 3.05) is 45.2 Å². The Balaban J connectivity index is 1.35. The van der Waals surface area contributed by atoms with Crippen LogP contribution in [-0.4, -0.2) is 62.6 Å². The Morgan fingerprint density at radius 1 is 1.21 bits per heavy atom. The van der Waals surface area contributed by atoms with Crippen LogP contribution in [0.2, 0.25) is 0 Å². The van der Waals surface area contributed by atoms with Gasteiger partial charge in [0.15, 0.2) is 0 Å². The van der Waals surface area contributed by atoms with Crippen molar-refractivity contribution in [1.29, 1.82) is 0 Å². The SMILES string of the molecule is COc1ccc(NC(=O)CCN2CCCC(CNC(=O)C3CCCN3)C2)cc1. The van der Waals surface area contributed by atoms with Crippen LogP contribution in [0.4, 0.5) is 5.69 Å². The third-order valence-electron chi connectivity index (χ3n) is 5.57. The Kier molecular flexibility index (Phi) is 7.68. The summed E-state index contributed by atoms with van der Waals surface area (Å²) in [5, 5.41) is 9.27. The van der Waals surface area contributed by atoms with Crippen LogP contribution in [0.1, 0.15) is 32.1 Å². The lowest BCUT2D eigenvalue weighted by Gasteiger charge is -2.32. The highest BCUT2D eigenvalue weighted by molar-refractivity contribution is 5.90. The van der Waals surface area contributed by atoms with E-state index in [2.05, 4.69) is 20.9 Å². The number of rotatable bonds is 8. The Morgan fingerprint density at radius 2 is 2.04 bits per heavy atom. The van der Waals surface area contributed by atoms with Gasteiger partial charge in [0, 0.05) is 31.7 Å². The first-order valence-electron chi connectivity index (χ1n) is 10.3. The maximum atomic E-state index is 12.2. The second-order valence-electron chi connectivity index (χ2n) is 7.73. The molecule has 0 aromatic heterocycles. The van der Waals surface area contributed by atoms with E-state index < -0.39 is 0 Å². The molecule has 7 nitrogen and oxygen atoms in total. The number of hydrogen-bond donors (Lipinski definition) is 3. The minimum atomic E-state index is -0.0126. The maximum absolute atomic E-state index is 12.2. The van der Waals surface area contributed by atoms with E-state index in [9.17, 15) is 9.59 Å². The smallest absolute Gasteiger partial charge is 0.237 e. The van der Waals surface area contributed by atoms with Gasteiger partial charge in [0.25, 0.3) is 0 Å². The van der Waals surface area contributed by atoms with E-state index in [1.165, 1.54) is 0 Å². The molecule has 2 unspecified atom stereocenters. The van der Waals surface area contributed by atoms with Gasteiger partial charge >= 0.3 is 0 Å². The first-order valence-corrected chi connectivity index (χ1v) is 10.3. The molecule has 2 fully saturated rings. The number of carbonyl (C=O) groups excluding carboxylic acids is 2. The quantitative estimate of drug-likeness (QED) is 0.630. The molecule has 3 N–H and O–H groups in total. The van der Waals surface area contributed by atoms with Crippen molar-refractivity contribution in [3.8, 4) is 5.75 Å². The summed E-state index contributed by atoms with van der Waals surface area (Å²) in [6.45, 7) is 4.37. The highest BCUT2D eigenvalue weighted by atomic mass is 16.5. The summed E-state index contributed by atoms with van der Waals surface area (Å²) in [5.41, 5.74) is 0.783. The summed E-state index contributed by atoms with van der Waals surface area (Å²) in [7, 11) is 1.62. The Bertz CT molecular complexity index is 644. The molecule has 3 rings (SSSR count). The average molecular weight is 389 g/mol. The van der Waals surface area contributed by atoms with Crippen LogP contribution in [0.3, 0.4) is 0 Å². The normalized spacial score (nSPS) is 22.6. The van der Waals surface area contributed by atoms with Crippen LogP contribution in [0.15, 0.2) is 24.3 Å². The van der Waals surface area contributed by atoms with Gasteiger partial charge in [-0.05, 0) is 69.0 Å². The van der Waals surface area contributed by atoms with Crippen LogP contribution in [-0.2, 0) is 9.59 Å². The highest BCUT2D eigenvalue weighted by Gasteiger charge is 2.24. The molecule has 0 radical (unpaired) electrons. The molecule has 2 aliphatic rings. The minimum Gasteiger partial charge on any atom is -0.497 e. The monoisotopic (exact) mass is 388 g/mol. The number of anilines is 1. The highest BCUT2D eigenvalue weighted by Crippen LogP contribution is 2.17. The van der Waals surface area contributed by atoms with Crippen molar-refractivity contribution in [3.63, 3.8) is 0 Å². The summed E-state index contributed by atoms with van der Waals surface area (Å²) in [4.78, 5) is 26.7. The molecular weight excluding hydrogens is 356 g/mol. The number of piperidine rings is 1. The first kappa shape index (κ1) is 20.6. The fourth-order valence-corrected chi connectivity index (χ4v) is 3.95. The summed E-state index contributed by atoms with van der Waals surface area (Å²) >= 11 is 0. The van der Waals surface area contributed by atoms with Crippen molar-refractivity contribution < 1.29 is 14.3 Å². The molecule has 28 heavy (non-hydrogen) atoms. The Labute approximate surface area is 167 Å². The molecular formula is C21H32N4O3. The third-order valence-corrected chi connectivity index (χ3v) is 5.57. The molecule has 2 atom stereocenters. The maximum Gasteiger partial charge on any atom is 0.237 e. The topological polar surface area (TPSA) is 82.7 Å². The van der Waals surface area contributed by atoms with Crippen molar-refractivity contribution in [2.24, 2.45) is 5.92 Å². The molecule has 1 aromatic carbocycles. The van der Waals surface area contributed by atoms with E-state index in [1.807, 2.05) is 24.3 Å². The standard InChI is InChI=1S/C21H32N4O3/c1-28-18-8-6-17(7-9-18)24-20(26)10-13-25-12-3-4-16(15-25)14-23-21(27)19-5-2-11-22-19/h6-9,16,19,22H,2-5,10-15H2,1H3,(H,23,27)(H,24,26). The molecule has 0 bridgehead atoms. The van der Waals surface area contributed by atoms with E-state index in [1.54, 1.807) is 7.11 Å². The van der Waals surface area contributed by atoms with Gasteiger partial charge < -0.3 is 25.6 Å². The molecule has 2 heterocycles. The number of amides is 2. The van der Waals surface area contributed by atoms with Crippen LogP contribution in [0.25, 0.3) is 0 Å². The number of methoxy groups -OCH3 is 1. The van der Waals surface area contributed by atoms with Crippen molar-refractivity contribution in [3.05, 3.63) is 24.3 Å². The molecule has 0 aliphatic carbocycles. The number of hydrogen-bond acceptors (Lipinski definition) is 5. The van der Waals surface area contributed by atoms with Crippen LogP contribution in [0, 0.1) is 5.92 Å². The second kappa shape index (κ2) is 10.4. The van der Waals surface area contributed by atoms with Gasteiger partial charge in [0.1, 0.15) is 5.75 Å². The zero-order valence-corrected chi connectivity index (χ0v) is 16.7. The fraction of sp³-hybridized carbons (Fsp3) is 0.619. The molecule has 2 amide bonds. The number of carbonyl (C=O) groups is 2. The molecule has 2 aliphatic heterocycles. The molecule has 0 spiro atoms. The van der Waals surface area contributed by atoms with Crippen molar-refractivity contribution in [2.45, 2.75) is 38.1 Å². The minimum absolute atomic E-state index is 0.0126. The predicted molar refractivity (Wildman–Crippen MR) is 109 cm³/mol. The van der Waals surface area contributed by atoms with Crippen molar-refractivity contribution in [1.82, 2.24) is 15.5 Å². The van der Waals surface area contributed by atoms with E-state index >= 15 is 0 Å². The summed E-state index contributed by atoms with van der Waals surface area (Å²) in [6.07, 6.45) is 4.73. The van der Waals surface area contributed by atoms with Crippen LogP contribution < -0.4 is 20.7 Å². The van der Waals surface area contributed by atoms with Gasteiger partial charge in [0.05, 0.1) is 13.2 Å². The summed E-state index contributed by atoms with van der Waals surface area (Å²) in [6, 6.07) is 7.34. The van der Waals surface area contributed by atoms with Gasteiger partial charge in [0.2, 0.25) is 11.8 Å². The summed E-state index contributed by atoms with van der Waals surface area (Å²) < 4.78 is 5.13. The first-order chi connectivity index (χ1) is 13.6. The second-order valence-corrected chi connectivity index (χ2v) is 7.73. The van der Waals surface area contributed by atoms with E-state index in [0.717, 1.165) is 69.8 Å². The van der Waals surface area contributed by atoms with Crippen LogP contribution in [0.5, 0.6) is 5.75 Å². The van der Waals surface area contributed by atoms with Gasteiger partial charge in [-0.2, -0.15) is 0 Å². The zero-order chi connectivity index (χ0) is 19.8.